The molecule has 2 aromatic heterocycles. The molecule has 8 heteroatoms. The minimum Gasteiger partial charge on any atom is -0.356 e. The van der Waals surface area contributed by atoms with Crippen LogP contribution in [-0.2, 0) is 13.1 Å². The molecule has 1 N–H and O–H groups in total. The Morgan fingerprint density at radius 2 is 1.89 bits per heavy atom. The van der Waals surface area contributed by atoms with Crippen LogP contribution in [0, 0.1) is 11.6 Å². The van der Waals surface area contributed by atoms with E-state index in [1.54, 1.807) is 28.9 Å². The van der Waals surface area contributed by atoms with Crippen molar-refractivity contribution in [2.24, 2.45) is 0 Å². The zero-order chi connectivity index (χ0) is 19.7. The normalized spacial score (nSPS) is 11.5. The van der Waals surface area contributed by atoms with Gasteiger partial charge in [0, 0.05) is 24.2 Å². The molecule has 0 radical (unpaired) electrons. The first-order chi connectivity index (χ1) is 13.5. The zero-order valence-corrected chi connectivity index (χ0v) is 16.3. The first-order valence-electron chi connectivity index (χ1n) is 8.76. The Kier molecular flexibility index (Phi) is 5.06. The van der Waals surface area contributed by atoms with Crippen molar-refractivity contribution in [3.8, 4) is 11.3 Å². The van der Waals surface area contributed by atoms with Crippen molar-refractivity contribution in [1.29, 1.82) is 0 Å². The quantitative estimate of drug-likeness (QED) is 0.522. The summed E-state index contributed by atoms with van der Waals surface area (Å²) in [4.78, 5) is 7.20. The van der Waals surface area contributed by atoms with Gasteiger partial charge in [-0.3, -0.25) is 0 Å². The Hall–Kier alpha value is -2.84. The number of fused-ring (bicyclic) bond motifs is 1. The van der Waals surface area contributed by atoms with E-state index in [0.29, 0.717) is 23.8 Å². The smallest absolute Gasteiger partial charge is 0.214 e. The number of imidazole rings is 1. The van der Waals surface area contributed by atoms with Gasteiger partial charge in [0.25, 0.3) is 0 Å². The molecule has 0 aliphatic rings. The summed E-state index contributed by atoms with van der Waals surface area (Å²) in [5.74, 6) is -0.480. The molecular weight excluding hydrogens is 380 g/mol. The molecule has 0 saturated carbocycles. The lowest BCUT2D eigenvalue weighted by molar-refractivity contribution is 0.392. The van der Waals surface area contributed by atoms with E-state index in [9.17, 15) is 8.78 Å². The van der Waals surface area contributed by atoms with E-state index in [1.807, 2.05) is 31.1 Å². The van der Waals surface area contributed by atoms with Crippen LogP contribution < -0.4 is 5.32 Å². The summed E-state index contributed by atoms with van der Waals surface area (Å²) in [7, 11) is 3.82. The summed E-state index contributed by atoms with van der Waals surface area (Å²) < 4.78 is 28.9. The second-order valence-electron chi connectivity index (χ2n) is 6.78. The maximum Gasteiger partial charge on any atom is 0.214 e. The highest BCUT2D eigenvalue weighted by molar-refractivity contribution is 7.20. The number of hydrogen-bond donors (Lipinski definition) is 1. The monoisotopic (exact) mass is 399 g/mol. The highest BCUT2D eigenvalue weighted by atomic mass is 32.1. The van der Waals surface area contributed by atoms with Gasteiger partial charge in [-0.25, -0.2) is 18.3 Å². The minimum atomic E-state index is -0.277. The van der Waals surface area contributed by atoms with Gasteiger partial charge in [-0.2, -0.15) is 0 Å². The Morgan fingerprint density at radius 1 is 1.11 bits per heavy atom. The van der Waals surface area contributed by atoms with Crippen LogP contribution in [0.15, 0.2) is 48.7 Å². The highest BCUT2D eigenvalue weighted by Gasteiger charge is 2.10. The Labute approximate surface area is 165 Å². The van der Waals surface area contributed by atoms with Crippen LogP contribution >= 0.6 is 11.3 Å². The van der Waals surface area contributed by atoms with E-state index in [0.717, 1.165) is 21.8 Å². The Morgan fingerprint density at radius 3 is 2.57 bits per heavy atom. The van der Waals surface area contributed by atoms with Crippen LogP contribution in [0.25, 0.3) is 16.2 Å². The third-order valence-electron chi connectivity index (χ3n) is 4.23. The number of nitrogens with one attached hydrogen (secondary N) is 1. The van der Waals surface area contributed by atoms with E-state index in [1.165, 1.54) is 23.5 Å². The summed E-state index contributed by atoms with van der Waals surface area (Å²) in [6, 6.07) is 11.5. The molecule has 4 rings (SSSR count). The molecule has 0 fully saturated rings. The molecule has 0 aliphatic heterocycles. The predicted octanol–water partition coefficient (Wildman–Crippen LogP) is 4.41. The number of rotatable bonds is 6. The maximum atomic E-state index is 14.2. The van der Waals surface area contributed by atoms with E-state index in [-0.39, 0.29) is 11.6 Å². The molecule has 0 saturated heterocycles. The molecule has 0 unspecified atom stereocenters. The predicted molar refractivity (Wildman–Crippen MR) is 107 cm³/mol. The van der Waals surface area contributed by atoms with E-state index in [2.05, 4.69) is 15.4 Å². The van der Waals surface area contributed by atoms with Crippen LogP contribution in [0.2, 0.25) is 0 Å². The molecule has 2 aromatic carbocycles. The number of halogens is 2. The van der Waals surface area contributed by atoms with E-state index < -0.39 is 0 Å². The fraction of sp³-hybridized carbons (Fsp3) is 0.200. The molecule has 4 aromatic rings. The second-order valence-corrected chi connectivity index (χ2v) is 7.74. The molecule has 0 amide bonds. The van der Waals surface area contributed by atoms with Crippen molar-refractivity contribution in [3.63, 3.8) is 0 Å². The number of anilines is 1. The Balaban J connectivity index is 1.45. The zero-order valence-electron chi connectivity index (χ0n) is 15.5. The average molecular weight is 399 g/mol. The molecule has 144 valence electrons. The molecule has 28 heavy (non-hydrogen) atoms. The fourth-order valence-corrected chi connectivity index (χ4v) is 3.66. The number of nitrogens with zero attached hydrogens (tertiary/aromatic N) is 4. The van der Waals surface area contributed by atoms with E-state index >= 15 is 0 Å². The number of aromatic nitrogens is 3. The SMILES string of the molecule is CN(C)Cc1ccc(CNc2nn3cc(-c4ccc(F)cc4)nc3s2)cc1F. The molecule has 0 spiro atoms. The van der Waals surface area contributed by atoms with Gasteiger partial charge in [0.2, 0.25) is 10.1 Å². The first-order valence-corrected chi connectivity index (χ1v) is 9.57. The van der Waals surface area contributed by atoms with Crippen LogP contribution in [0.4, 0.5) is 13.9 Å². The van der Waals surface area contributed by atoms with Gasteiger partial charge in [0.1, 0.15) is 11.6 Å². The number of benzene rings is 2. The van der Waals surface area contributed by atoms with Crippen molar-refractivity contribution in [3.05, 3.63) is 71.4 Å². The Bertz CT molecular complexity index is 1070. The van der Waals surface area contributed by atoms with Crippen molar-refractivity contribution in [2.75, 3.05) is 19.4 Å². The summed E-state index contributed by atoms with van der Waals surface area (Å²) in [5, 5.41) is 8.37. The van der Waals surface area contributed by atoms with Gasteiger partial charge in [0.15, 0.2) is 0 Å². The lowest BCUT2D eigenvalue weighted by atomic mass is 10.1. The van der Waals surface area contributed by atoms with Crippen LogP contribution in [0.5, 0.6) is 0 Å². The van der Waals surface area contributed by atoms with Crippen molar-refractivity contribution in [1.82, 2.24) is 19.5 Å². The largest absolute Gasteiger partial charge is 0.356 e. The van der Waals surface area contributed by atoms with Gasteiger partial charge in [-0.15, -0.1) is 5.10 Å². The van der Waals surface area contributed by atoms with Gasteiger partial charge in [-0.1, -0.05) is 23.5 Å². The minimum absolute atomic E-state index is 0.203. The third-order valence-corrected chi connectivity index (χ3v) is 5.11. The molecule has 0 atom stereocenters. The van der Waals surface area contributed by atoms with Gasteiger partial charge < -0.3 is 10.2 Å². The van der Waals surface area contributed by atoms with Crippen LogP contribution in [-0.4, -0.2) is 33.6 Å². The standard InChI is InChI=1S/C20H19F2N5S/c1-26(2)11-15-4-3-13(9-17(15)22)10-23-19-25-27-12-18(24-20(27)28-19)14-5-7-16(21)8-6-14/h3-9,12H,10-11H2,1-2H3,(H,23,25). The summed E-state index contributed by atoms with van der Waals surface area (Å²) in [5.41, 5.74) is 3.10. The van der Waals surface area contributed by atoms with Gasteiger partial charge in [-0.05, 0) is 50.0 Å². The first kappa shape index (κ1) is 18.5. The molecule has 2 heterocycles. The molecular formula is C20H19F2N5S. The lowest BCUT2D eigenvalue weighted by Crippen LogP contribution is -2.12. The van der Waals surface area contributed by atoms with Crippen LogP contribution in [0.3, 0.4) is 0 Å². The fourth-order valence-electron chi connectivity index (χ4n) is 2.88. The van der Waals surface area contributed by atoms with Crippen LogP contribution in [0.1, 0.15) is 11.1 Å². The van der Waals surface area contributed by atoms with Crippen molar-refractivity contribution < 1.29 is 8.78 Å². The lowest BCUT2D eigenvalue weighted by Gasteiger charge is -2.11. The third kappa shape index (κ3) is 4.02. The van der Waals surface area contributed by atoms with Gasteiger partial charge >= 0.3 is 0 Å². The molecule has 0 aliphatic carbocycles. The highest BCUT2D eigenvalue weighted by Crippen LogP contribution is 2.25. The topological polar surface area (TPSA) is 45.5 Å². The molecule has 0 bridgehead atoms. The van der Waals surface area contributed by atoms with Crippen molar-refractivity contribution >= 4 is 21.4 Å². The number of hydrogen-bond acceptors (Lipinski definition) is 5. The summed E-state index contributed by atoms with van der Waals surface area (Å²) in [6.07, 6.45) is 1.81. The van der Waals surface area contributed by atoms with E-state index in [4.69, 9.17) is 0 Å². The van der Waals surface area contributed by atoms with Crippen molar-refractivity contribution in [2.45, 2.75) is 13.1 Å². The summed E-state index contributed by atoms with van der Waals surface area (Å²) >= 11 is 1.41. The maximum absolute atomic E-state index is 14.2. The van der Waals surface area contributed by atoms with Gasteiger partial charge in [0.05, 0.1) is 11.9 Å². The summed E-state index contributed by atoms with van der Waals surface area (Å²) in [6.45, 7) is 1.04. The molecule has 5 nitrogen and oxygen atoms in total. The average Bonchev–Trinajstić information content (AvgIpc) is 3.21. The second kappa shape index (κ2) is 7.65.